The number of carbonyl (C=O) groups excluding carboxylic acids is 1. The largest absolute Gasteiger partial charge is 0.477 e. The van der Waals surface area contributed by atoms with Crippen molar-refractivity contribution in [2.24, 2.45) is 0 Å². The molecule has 1 saturated heterocycles. The zero-order valence-corrected chi connectivity index (χ0v) is 20.8. The van der Waals surface area contributed by atoms with Crippen LogP contribution in [0.4, 0.5) is 5.69 Å². The summed E-state index contributed by atoms with van der Waals surface area (Å²) in [5.74, 6) is 0.111. The number of ether oxygens (including phenoxy) is 3. The molecule has 0 spiro atoms. The standard InChI is InChI=1S/C23H26N6O4S2/c1-2-32-20-12-24-10-17(27-20)19-11-26-23(34-19)22(30)28-21(18-13-31-7-8-33-18)16-9-14(5-6-25-16)29-35-15-3-4-15/h5-6,9-12,15,18,21H,2-4,7-8,13H2,1H3,(H,25,29)(H,28,30). The number of rotatable bonds is 10. The molecule has 2 fully saturated rings. The topological polar surface area (TPSA) is 120 Å². The van der Waals surface area contributed by atoms with Gasteiger partial charge in [0.1, 0.15) is 17.8 Å². The van der Waals surface area contributed by atoms with Crippen molar-refractivity contribution in [3.05, 3.63) is 47.6 Å². The summed E-state index contributed by atoms with van der Waals surface area (Å²) in [7, 11) is 0. The Labute approximate surface area is 211 Å². The molecule has 3 aromatic heterocycles. The van der Waals surface area contributed by atoms with E-state index < -0.39 is 6.04 Å². The average molecular weight is 515 g/mol. The first-order valence-electron chi connectivity index (χ1n) is 11.5. The fourth-order valence-corrected chi connectivity index (χ4v) is 5.03. The number of nitrogens with one attached hydrogen (secondary N) is 2. The van der Waals surface area contributed by atoms with Gasteiger partial charge in [-0.05, 0) is 43.8 Å². The Balaban J connectivity index is 1.33. The molecule has 5 rings (SSSR count). The van der Waals surface area contributed by atoms with E-state index in [2.05, 4.69) is 30.0 Å². The predicted octanol–water partition coefficient (Wildman–Crippen LogP) is 3.50. The molecular weight excluding hydrogens is 488 g/mol. The number of aromatic nitrogens is 4. The minimum atomic E-state index is -0.496. The summed E-state index contributed by atoms with van der Waals surface area (Å²) in [6.07, 6.45) is 8.64. The molecule has 10 nitrogen and oxygen atoms in total. The van der Waals surface area contributed by atoms with Gasteiger partial charge < -0.3 is 24.2 Å². The van der Waals surface area contributed by atoms with Crippen molar-refractivity contribution in [3.8, 4) is 16.5 Å². The van der Waals surface area contributed by atoms with E-state index in [4.69, 9.17) is 14.2 Å². The highest BCUT2D eigenvalue weighted by Crippen LogP contribution is 2.35. The maximum atomic E-state index is 13.2. The van der Waals surface area contributed by atoms with Gasteiger partial charge in [-0.3, -0.25) is 14.8 Å². The molecule has 184 valence electrons. The summed E-state index contributed by atoms with van der Waals surface area (Å²) in [6, 6.07) is 3.37. The van der Waals surface area contributed by atoms with E-state index in [1.54, 1.807) is 36.7 Å². The summed E-state index contributed by atoms with van der Waals surface area (Å²) in [5.41, 5.74) is 2.23. The molecule has 12 heteroatoms. The Kier molecular flexibility index (Phi) is 7.72. The van der Waals surface area contributed by atoms with Crippen molar-refractivity contribution >= 4 is 34.9 Å². The smallest absolute Gasteiger partial charge is 0.280 e. The van der Waals surface area contributed by atoms with Crippen LogP contribution in [0.15, 0.2) is 36.9 Å². The number of carbonyl (C=O) groups is 1. The van der Waals surface area contributed by atoms with Crippen LogP contribution in [-0.2, 0) is 9.47 Å². The Morgan fingerprint density at radius 2 is 2.20 bits per heavy atom. The van der Waals surface area contributed by atoms with Crippen molar-refractivity contribution in [1.29, 1.82) is 0 Å². The molecule has 2 unspecified atom stereocenters. The Morgan fingerprint density at radius 1 is 1.29 bits per heavy atom. The van der Waals surface area contributed by atoms with Crippen LogP contribution in [0.25, 0.3) is 10.6 Å². The Bertz CT molecular complexity index is 1150. The number of amides is 1. The highest BCUT2D eigenvalue weighted by atomic mass is 32.2. The van der Waals surface area contributed by atoms with E-state index in [-0.39, 0.29) is 12.0 Å². The lowest BCUT2D eigenvalue weighted by Crippen LogP contribution is -2.43. The fraction of sp³-hybridized carbons (Fsp3) is 0.435. The van der Waals surface area contributed by atoms with Crippen molar-refractivity contribution in [1.82, 2.24) is 25.3 Å². The molecule has 35 heavy (non-hydrogen) atoms. The number of nitrogens with zero attached hydrogens (tertiary/aromatic N) is 4. The van der Waals surface area contributed by atoms with Gasteiger partial charge in [0, 0.05) is 23.3 Å². The molecule has 0 bridgehead atoms. The summed E-state index contributed by atoms with van der Waals surface area (Å²) < 4.78 is 20.4. The van der Waals surface area contributed by atoms with Crippen LogP contribution < -0.4 is 14.8 Å². The lowest BCUT2D eigenvalue weighted by molar-refractivity contribution is -0.101. The third-order valence-corrected chi connectivity index (χ3v) is 7.50. The van der Waals surface area contributed by atoms with Gasteiger partial charge in [0.15, 0.2) is 5.01 Å². The molecular formula is C23H26N6O4S2. The summed E-state index contributed by atoms with van der Waals surface area (Å²) in [6.45, 7) is 3.73. The zero-order chi connectivity index (χ0) is 24.0. The second-order valence-electron chi connectivity index (χ2n) is 8.03. The molecule has 2 aliphatic rings. The number of hydrogen-bond acceptors (Lipinski definition) is 11. The van der Waals surface area contributed by atoms with Gasteiger partial charge in [-0.2, -0.15) is 0 Å². The minimum absolute atomic E-state index is 0.309. The predicted molar refractivity (Wildman–Crippen MR) is 134 cm³/mol. The van der Waals surface area contributed by atoms with Gasteiger partial charge in [-0.25, -0.2) is 9.97 Å². The van der Waals surface area contributed by atoms with Crippen molar-refractivity contribution < 1.29 is 19.0 Å². The van der Waals surface area contributed by atoms with Crippen molar-refractivity contribution in [3.63, 3.8) is 0 Å². The average Bonchev–Trinajstić information content (AvgIpc) is 3.60. The Morgan fingerprint density at radius 3 is 3.00 bits per heavy atom. The first-order valence-corrected chi connectivity index (χ1v) is 13.2. The lowest BCUT2D eigenvalue weighted by atomic mass is 10.1. The van der Waals surface area contributed by atoms with Crippen LogP contribution in [0.3, 0.4) is 0 Å². The molecule has 0 aromatic carbocycles. The van der Waals surface area contributed by atoms with E-state index in [1.165, 1.54) is 24.2 Å². The van der Waals surface area contributed by atoms with Gasteiger partial charge in [-0.1, -0.05) is 0 Å². The molecule has 2 N–H and O–H groups in total. The van der Waals surface area contributed by atoms with E-state index in [0.29, 0.717) is 54.0 Å². The van der Waals surface area contributed by atoms with Gasteiger partial charge >= 0.3 is 0 Å². The van der Waals surface area contributed by atoms with Gasteiger partial charge in [0.2, 0.25) is 5.88 Å². The number of pyridine rings is 1. The second-order valence-corrected chi connectivity index (χ2v) is 10.2. The lowest BCUT2D eigenvalue weighted by Gasteiger charge is -2.30. The summed E-state index contributed by atoms with van der Waals surface area (Å²) in [4.78, 5) is 31.4. The minimum Gasteiger partial charge on any atom is -0.477 e. The van der Waals surface area contributed by atoms with E-state index in [1.807, 2.05) is 19.1 Å². The molecule has 1 aliphatic carbocycles. The van der Waals surface area contributed by atoms with Crippen LogP contribution in [0.2, 0.25) is 0 Å². The summed E-state index contributed by atoms with van der Waals surface area (Å²) in [5, 5.41) is 4.04. The molecule has 1 aliphatic heterocycles. The quantitative estimate of drug-likeness (QED) is 0.389. The van der Waals surface area contributed by atoms with Crippen LogP contribution >= 0.6 is 23.3 Å². The van der Waals surface area contributed by atoms with E-state index in [0.717, 1.165) is 10.6 Å². The highest BCUT2D eigenvalue weighted by molar-refractivity contribution is 8.01. The van der Waals surface area contributed by atoms with E-state index in [9.17, 15) is 4.79 Å². The van der Waals surface area contributed by atoms with Crippen molar-refractivity contribution in [2.75, 3.05) is 31.1 Å². The maximum Gasteiger partial charge on any atom is 0.280 e. The maximum absolute atomic E-state index is 13.2. The molecule has 1 amide bonds. The highest BCUT2D eigenvalue weighted by Gasteiger charge is 2.31. The molecule has 3 aromatic rings. The molecule has 0 radical (unpaired) electrons. The van der Waals surface area contributed by atoms with Gasteiger partial charge in [-0.15, -0.1) is 11.3 Å². The van der Waals surface area contributed by atoms with E-state index >= 15 is 0 Å². The number of thiazole rings is 1. The first kappa shape index (κ1) is 23.9. The number of anilines is 1. The van der Waals surface area contributed by atoms with Crippen LogP contribution in [0.5, 0.6) is 5.88 Å². The zero-order valence-electron chi connectivity index (χ0n) is 19.2. The third-order valence-electron chi connectivity index (χ3n) is 5.32. The SMILES string of the molecule is CCOc1cncc(-c2cnc(C(=O)NC(c3cc(NSC4CC4)ccn3)C3COCCO3)s2)n1. The summed E-state index contributed by atoms with van der Waals surface area (Å²) >= 11 is 2.95. The number of hydrogen-bond donors (Lipinski definition) is 2. The van der Waals surface area contributed by atoms with Crippen LogP contribution in [-0.4, -0.2) is 63.6 Å². The normalized spacial score (nSPS) is 18.6. The molecule has 4 heterocycles. The molecule has 1 saturated carbocycles. The Hall–Kier alpha value is -2.80. The van der Waals surface area contributed by atoms with Crippen LogP contribution in [0.1, 0.15) is 41.3 Å². The van der Waals surface area contributed by atoms with Crippen LogP contribution in [0, 0.1) is 0 Å². The van der Waals surface area contributed by atoms with Crippen molar-refractivity contribution in [2.45, 2.75) is 37.2 Å². The first-order chi connectivity index (χ1) is 17.2. The molecule has 2 atom stereocenters. The fourth-order valence-electron chi connectivity index (χ4n) is 3.46. The third kappa shape index (κ3) is 6.26. The van der Waals surface area contributed by atoms with Gasteiger partial charge in [0.05, 0.1) is 49.4 Å². The van der Waals surface area contributed by atoms with Gasteiger partial charge in [0.25, 0.3) is 5.91 Å². The monoisotopic (exact) mass is 514 g/mol. The second kappa shape index (κ2) is 11.3.